The molecule has 0 aliphatic carbocycles. The molecule has 104 valence electrons. The molecule has 1 aromatic rings. The summed E-state index contributed by atoms with van der Waals surface area (Å²) < 4.78 is 1.05. The molecule has 0 aromatic heterocycles. The van der Waals surface area contributed by atoms with E-state index in [0.29, 0.717) is 6.04 Å². The quantitative estimate of drug-likeness (QED) is 0.909. The van der Waals surface area contributed by atoms with Crippen molar-refractivity contribution in [2.45, 2.75) is 31.8 Å². The van der Waals surface area contributed by atoms with Crippen LogP contribution in [0.2, 0.25) is 0 Å². The monoisotopic (exact) mass is 322 g/mol. The molecule has 1 heterocycles. The first-order valence-corrected chi connectivity index (χ1v) is 7.71. The van der Waals surface area contributed by atoms with Crippen LogP contribution in [0.15, 0.2) is 41.4 Å². The van der Waals surface area contributed by atoms with Crippen LogP contribution in [-0.4, -0.2) is 30.1 Å². The van der Waals surface area contributed by atoms with Gasteiger partial charge in [0.05, 0.1) is 0 Å². The second kappa shape index (κ2) is 6.21. The fourth-order valence-electron chi connectivity index (χ4n) is 2.71. The summed E-state index contributed by atoms with van der Waals surface area (Å²) >= 11 is 3.51. The number of hydrogen-bond acceptors (Lipinski definition) is 2. The molecule has 3 heteroatoms. The second-order valence-corrected chi connectivity index (χ2v) is 6.77. The summed E-state index contributed by atoms with van der Waals surface area (Å²) in [5.74, 6) is 0. The van der Waals surface area contributed by atoms with Crippen LogP contribution in [0, 0.1) is 0 Å². The van der Waals surface area contributed by atoms with Gasteiger partial charge in [-0.15, -0.1) is 0 Å². The van der Waals surface area contributed by atoms with Gasteiger partial charge in [-0.2, -0.15) is 0 Å². The van der Waals surface area contributed by atoms with Crippen LogP contribution in [0.4, 0.5) is 0 Å². The Labute approximate surface area is 125 Å². The predicted molar refractivity (Wildman–Crippen MR) is 85.5 cm³/mol. The molecule has 1 fully saturated rings. The molecular formula is C16H23BrN2. The van der Waals surface area contributed by atoms with E-state index >= 15 is 0 Å². The molecule has 2 atom stereocenters. The molecule has 0 amide bonds. The third-order valence-corrected chi connectivity index (χ3v) is 4.31. The molecule has 0 bridgehead atoms. The molecule has 2 unspecified atom stereocenters. The first kappa shape index (κ1) is 14.8. The van der Waals surface area contributed by atoms with Crippen molar-refractivity contribution in [3.05, 3.63) is 47.0 Å². The molecule has 0 saturated carbocycles. The summed E-state index contributed by atoms with van der Waals surface area (Å²) in [4.78, 5) is 2.52. The van der Waals surface area contributed by atoms with E-state index in [1.54, 1.807) is 0 Å². The van der Waals surface area contributed by atoms with Crippen LogP contribution in [0.5, 0.6) is 0 Å². The Kier molecular flexibility index (Phi) is 4.82. The lowest BCUT2D eigenvalue weighted by atomic mass is 9.91. The van der Waals surface area contributed by atoms with Crippen LogP contribution in [-0.2, 0) is 0 Å². The highest BCUT2D eigenvalue weighted by Crippen LogP contribution is 2.29. The number of benzene rings is 1. The zero-order chi connectivity index (χ0) is 13.9. The van der Waals surface area contributed by atoms with Gasteiger partial charge in [0.15, 0.2) is 0 Å². The van der Waals surface area contributed by atoms with Gasteiger partial charge in [0, 0.05) is 35.7 Å². The van der Waals surface area contributed by atoms with Crippen molar-refractivity contribution in [2.24, 2.45) is 0 Å². The number of halogens is 1. The maximum atomic E-state index is 4.01. The van der Waals surface area contributed by atoms with E-state index in [-0.39, 0.29) is 5.54 Å². The molecule has 1 saturated heterocycles. The maximum absolute atomic E-state index is 4.01. The highest BCUT2D eigenvalue weighted by Gasteiger charge is 2.34. The lowest BCUT2D eigenvalue weighted by Gasteiger charge is -2.46. The molecule has 19 heavy (non-hydrogen) atoms. The van der Waals surface area contributed by atoms with Gasteiger partial charge in [-0.3, -0.25) is 4.90 Å². The fourth-order valence-corrected chi connectivity index (χ4v) is 3.04. The summed E-state index contributed by atoms with van der Waals surface area (Å²) in [6, 6.07) is 11.2. The molecule has 1 aliphatic heterocycles. The Balaban J connectivity index is 2.20. The van der Waals surface area contributed by atoms with Crippen molar-refractivity contribution < 1.29 is 0 Å². The van der Waals surface area contributed by atoms with Crippen molar-refractivity contribution in [3.8, 4) is 0 Å². The number of piperazine rings is 1. The molecule has 1 aliphatic rings. The molecule has 0 spiro atoms. The van der Waals surface area contributed by atoms with Gasteiger partial charge in [0.2, 0.25) is 0 Å². The number of rotatable bonds is 4. The average molecular weight is 323 g/mol. The molecule has 0 radical (unpaired) electrons. The van der Waals surface area contributed by atoms with E-state index < -0.39 is 0 Å². The van der Waals surface area contributed by atoms with E-state index in [1.807, 2.05) is 0 Å². The summed E-state index contributed by atoms with van der Waals surface area (Å²) in [5, 5.41) is 3.71. The zero-order valence-corrected chi connectivity index (χ0v) is 13.4. The van der Waals surface area contributed by atoms with E-state index in [2.05, 4.69) is 76.9 Å². The van der Waals surface area contributed by atoms with E-state index in [1.165, 1.54) is 5.56 Å². The first-order chi connectivity index (χ1) is 9.04. The van der Waals surface area contributed by atoms with Gasteiger partial charge in [-0.1, -0.05) is 59.8 Å². The summed E-state index contributed by atoms with van der Waals surface area (Å²) in [5.41, 5.74) is 1.58. The minimum atomic E-state index is 0.202. The lowest BCUT2D eigenvalue weighted by molar-refractivity contribution is 0.0950. The van der Waals surface area contributed by atoms with Gasteiger partial charge in [-0.05, 0) is 18.9 Å². The Morgan fingerprint density at radius 3 is 2.74 bits per heavy atom. The van der Waals surface area contributed by atoms with Gasteiger partial charge < -0.3 is 5.32 Å². The standard InChI is InChI=1S/C16H23BrN2/c1-4-16(3)12-19(11-13(2)17)15(10-18-16)14-8-6-5-7-9-14/h5-9,15,18H,2,4,10-12H2,1,3H3. The van der Waals surface area contributed by atoms with Crippen molar-refractivity contribution in [1.29, 1.82) is 0 Å². The van der Waals surface area contributed by atoms with Gasteiger partial charge >= 0.3 is 0 Å². The summed E-state index contributed by atoms with van der Waals surface area (Å²) in [6.07, 6.45) is 1.14. The minimum absolute atomic E-state index is 0.202. The minimum Gasteiger partial charge on any atom is -0.308 e. The van der Waals surface area contributed by atoms with E-state index in [0.717, 1.165) is 30.5 Å². The summed E-state index contributed by atoms with van der Waals surface area (Å²) in [7, 11) is 0. The number of nitrogens with one attached hydrogen (secondary N) is 1. The van der Waals surface area contributed by atoms with Crippen LogP contribution in [0.1, 0.15) is 31.9 Å². The number of nitrogens with zero attached hydrogens (tertiary/aromatic N) is 1. The SMILES string of the molecule is C=C(Br)CN1CC(C)(CC)NCC1c1ccccc1. The number of hydrogen-bond donors (Lipinski definition) is 1. The van der Waals surface area contributed by atoms with Gasteiger partial charge in [0.25, 0.3) is 0 Å². The highest BCUT2D eigenvalue weighted by molar-refractivity contribution is 9.11. The third-order valence-electron chi connectivity index (χ3n) is 4.05. The molecule has 1 aromatic carbocycles. The van der Waals surface area contributed by atoms with Crippen LogP contribution < -0.4 is 5.32 Å². The topological polar surface area (TPSA) is 15.3 Å². The molecular weight excluding hydrogens is 300 g/mol. The first-order valence-electron chi connectivity index (χ1n) is 6.91. The molecule has 1 N–H and O–H groups in total. The van der Waals surface area contributed by atoms with Gasteiger partial charge in [-0.25, -0.2) is 0 Å². The Morgan fingerprint density at radius 2 is 2.16 bits per heavy atom. The Hall–Kier alpha value is -0.640. The maximum Gasteiger partial charge on any atom is 0.0477 e. The van der Waals surface area contributed by atoms with Crippen molar-refractivity contribution in [2.75, 3.05) is 19.6 Å². The van der Waals surface area contributed by atoms with Crippen LogP contribution in [0.25, 0.3) is 0 Å². The Morgan fingerprint density at radius 1 is 1.47 bits per heavy atom. The predicted octanol–water partition coefficient (Wildman–Crippen LogP) is 3.71. The van der Waals surface area contributed by atoms with Crippen LogP contribution in [0.3, 0.4) is 0 Å². The molecule has 2 nitrogen and oxygen atoms in total. The van der Waals surface area contributed by atoms with Gasteiger partial charge in [0.1, 0.15) is 0 Å². The van der Waals surface area contributed by atoms with Crippen molar-refractivity contribution in [3.63, 3.8) is 0 Å². The lowest BCUT2D eigenvalue weighted by Crippen LogP contribution is -2.59. The normalized spacial score (nSPS) is 28.3. The van der Waals surface area contributed by atoms with Crippen molar-refractivity contribution in [1.82, 2.24) is 10.2 Å². The fraction of sp³-hybridized carbons (Fsp3) is 0.500. The van der Waals surface area contributed by atoms with E-state index in [4.69, 9.17) is 0 Å². The zero-order valence-electron chi connectivity index (χ0n) is 11.8. The largest absolute Gasteiger partial charge is 0.308 e. The van der Waals surface area contributed by atoms with Crippen molar-refractivity contribution >= 4 is 15.9 Å². The smallest absolute Gasteiger partial charge is 0.0477 e. The second-order valence-electron chi connectivity index (χ2n) is 5.64. The Bertz CT molecular complexity index is 432. The summed E-state index contributed by atoms with van der Waals surface area (Å²) in [6.45, 7) is 11.5. The highest BCUT2D eigenvalue weighted by atomic mass is 79.9. The third kappa shape index (κ3) is 3.68. The van der Waals surface area contributed by atoms with E-state index in [9.17, 15) is 0 Å². The average Bonchev–Trinajstić information content (AvgIpc) is 2.39. The molecule has 2 rings (SSSR count). The van der Waals surface area contributed by atoms with Crippen LogP contribution >= 0.6 is 15.9 Å².